The molecule has 1 nitrogen and oxygen atoms in total. The predicted octanol–water partition coefficient (Wildman–Crippen LogP) is 4.33. The quantitative estimate of drug-likeness (QED) is 0.814. The lowest BCUT2D eigenvalue weighted by molar-refractivity contribution is 0.390. The average molecular weight is 230 g/mol. The van der Waals surface area contributed by atoms with E-state index in [0.29, 0.717) is 0 Å². The average Bonchev–Trinajstić information content (AvgIpc) is 2.09. The number of benzene rings is 1. The van der Waals surface area contributed by atoms with Crippen molar-refractivity contribution in [3.05, 3.63) is 29.0 Å². The number of anilines is 1. The van der Waals surface area contributed by atoms with Crippen LogP contribution < -0.4 is 5.32 Å². The summed E-state index contributed by atoms with van der Waals surface area (Å²) in [6, 6.07) is 4.77. The summed E-state index contributed by atoms with van der Waals surface area (Å²) in [4.78, 5) is 0. The van der Waals surface area contributed by atoms with E-state index in [1.807, 2.05) is 0 Å². The van der Waals surface area contributed by atoms with Gasteiger partial charge in [0.1, 0.15) is 5.82 Å². The van der Waals surface area contributed by atoms with Gasteiger partial charge in [0.05, 0.1) is 5.02 Å². The lowest BCUT2D eigenvalue weighted by atomic mass is 9.92. The maximum Gasteiger partial charge on any atom is 0.143 e. The second-order valence-electron chi connectivity index (χ2n) is 4.87. The molecular formula is C12H17ClFN. The molecule has 84 valence electrons. The van der Waals surface area contributed by atoms with Crippen molar-refractivity contribution >= 4 is 17.3 Å². The molecule has 0 spiro atoms. The van der Waals surface area contributed by atoms with E-state index < -0.39 is 0 Å². The van der Waals surface area contributed by atoms with Crippen molar-refractivity contribution < 1.29 is 4.39 Å². The molecule has 1 N–H and O–H groups in total. The molecule has 1 rings (SSSR count). The summed E-state index contributed by atoms with van der Waals surface area (Å²) in [5, 5.41) is 3.33. The van der Waals surface area contributed by atoms with Crippen LogP contribution in [0.1, 0.15) is 27.2 Å². The van der Waals surface area contributed by atoms with Gasteiger partial charge in [-0.15, -0.1) is 0 Å². The summed E-state index contributed by atoms with van der Waals surface area (Å²) in [7, 11) is 0. The lowest BCUT2D eigenvalue weighted by Gasteiger charge is -2.18. The molecule has 0 unspecified atom stereocenters. The molecule has 1 aromatic rings. The number of hydrogen-bond acceptors (Lipinski definition) is 1. The molecule has 0 amide bonds. The monoisotopic (exact) mass is 229 g/mol. The van der Waals surface area contributed by atoms with E-state index >= 15 is 0 Å². The van der Waals surface area contributed by atoms with E-state index in [4.69, 9.17) is 11.6 Å². The molecule has 0 aliphatic rings. The van der Waals surface area contributed by atoms with Crippen molar-refractivity contribution in [3.8, 4) is 0 Å². The van der Waals surface area contributed by atoms with Crippen LogP contribution in [0.15, 0.2) is 18.2 Å². The Morgan fingerprint density at radius 2 is 2.00 bits per heavy atom. The van der Waals surface area contributed by atoms with Gasteiger partial charge in [-0.2, -0.15) is 0 Å². The Morgan fingerprint density at radius 1 is 1.33 bits per heavy atom. The van der Waals surface area contributed by atoms with Gasteiger partial charge < -0.3 is 5.32 Å². The number of halogens is 2. The van der Waals surface area contributed by atoms with E-state index in [2.05, 4.69) is 26.1 Å². The molecule has 15 heavy (non-hydrogen) atoms. The second-order valence-corrected chi connectivity index (χ2v) is 5.27. The summed E-state index contributed by atoms with van der Waals surface area (Å²) < 4.78 is 13.1. The Labute approximate surface area is 95.6 Å². The van der Waals surface area contributed by atoms with Crippen molar-refractivity contribution in [2.45, 2.75) is 27.2 Å². The summed E-state index contributed by atoms with van der Waals surface area (Å²) in [6.45, 7) is 7.37. The number of rotatable bonds is 3. The van der Waals surface area contributed by atoms with E-state index in [9.17, 15) is 4.39 Å². The van der Waals surface area contributed by atoms with E-state index in [1.54, 1.807) is 12.1 Å². The van der Waals surface area contributed by atoms with Crippen LogP contribution in [0.25, 0.3) is 0 Å². The minimum atomic E-state index is -0.377. The topological polar surface area (TPSA) is 12.0 Å². The van der Waals surface area contributed by atoms with Crippen LogP contribution in [0.4, 0.5) is 10.1 Å². The highest BCUT2D eigenvalue weighted by Crippen LogP contribution is 2.21. The molecule has 0 fully saturated rings. The maximum atomic E-state index is 13.1. The zero-order chi connectivity index (χ0) is 11.5. The highest BCUT2D eigenvalue weighted by atomic mass is 35.5. The van der Waals surface area contributed by atoms with Crippen LogP contribution in [0.2, 0.25) is 5.02 Å². The standard InChI is InChI=1S/C12H17ClFN/c1-12(2,3)6-7-15-9-4-5-10(13)11(14)8-9/h4-5,8,15H,6-7H2,1-3H3. The van der Waals surface area contributed by atoms with Gasteiger partial charge in [-0.3, -0.25) is 0 Å². The fourth-order valence-corrected chi connectivity index (χ4v) is 1.31. The summed E-state index contributed by atoms with van der Waals surface area (Å²) in [5.74, 6) is -0.377. The molecule has 0 aliphatic heterocycles. The first-order valence-electron chi connectivity index (χ1n) is 5.07. The van der Waals surface area contributed by atoms with Gasteiger partial charge in [-0.1, -0.05) is 32.4 Å². The molecule has 0 aliphatic carbocycles. The molecule has 0 saturated carbocycles. The first-order chi connectivity index (χ1) is 6.88. The predicted molar refractivity (Wildman–Crippen MR) is 64.0 cm³/mol. The van der Waals surface area contributed by atoms with Crippen LogP contribution >= 0.6 is 11.6 Å². The highest BCUT2D eigenvalue weighted by molar-refractivity contribution is 6.30. The first kappa shape index (κ1) is 12.3. The van der Waals surface area contributed by atoms with Crippen molar-refractivity contribution in [1.29, 1.82) is 0 Å². The third kappa shape index (κ3) is 4.52. The van der Waals surface area contributed by atoms with Crippen LogP contribution in [0, 0.1) is 11.2 Å². The molecule has 0 aromatic heterocycles. The Bertz CT molecular complexity index is 331. The van der Waals surface area contributed by atoms with E-state index in [1.165, 1.54) is 6.07 Å². The zero-order valence-electron chi connectivity index (χ0n) is 9.40. The highest BCUT2D eigenvalue weighted by Gasteiger charge is 2.09. The molecule has 0 bridgehead atoms. The minimum absolute atomic E-state index is 0.163. The van der Waals surface area contributed by atoms with E-state index in [-0.39, 0.29) is 16.3 Å². The molecule has 0 atom stereocenters. The molecular weight excluding hydrogens is 213 g/mol. The third-order valence-electron chi connectivity index (χ3n) is 2.12. The Hall–Kier alpha value is -0.760. The normalized spacial score (nSPS) is 11.5. The molecule has 3 heteroatoms. The second kappa shape index (κ2) is 4.84. The Balaban J connectivity index is 2.48. The van der Waals surface area contributed by atoms with E-state index in [0.717, 1.165) is 18.7 Å². The van der Waals surface area contributed by atoms with Gasteiger partial charge >= 0.3 is 0 Å². The van der Waals surface area contributed by atoms with Gasteiger partial charge in [0, 0.05) is 12.2 Å². The first-order valence-corrected chi connectivity index (χ1v) is 5.45. The van der Waals surface area contributed by atoms with Crippen molar-refractivity contribution in [3.63, 3.8) is 0 Å². The van der Waals surface area contributed by atoms with Gasteiger partial charge in [0.2, 0.25) is 0 Å². The number of hydrogen-bond donors (Lipinski definition) is 1. The Kier molecular flexibility index (Phi) is 3.97. The number of nitrogens with one attached hydrogen (secondary N) is 1. The summed E-state index contributed by atoms with van der Waals surface area (Å²) in [5.41, 5.74) is 1.07. The van der Waals surface area contributed by atoms with Crippen molar-refractivity contribution in [2.24, 2.45) is 5.41 Å². The molecule has 0 radical (unpaired) electrons. The van der Waals surface area contributed by atoms with Crippen molar-refractivity contribution in [1.82, 2.24) is 0 Å². The van der Waals surface area contributed by atoms with Gasteiger partial charge in [0.15, 0.2) is 0 Å². The fourth-order valence-electron chi connectivity index (χ4n) is 1.19. The maximum absolute atomic E-state index is 13.1. The Morgan fingerprint density at radius 3 is 2.53 bits per heavy atom. The van der Waals surface area contributed by atoms with Crippen LogP contribution in [-0.2, 0) is 0 Å². The van der Waals surface area contributed by atoms with Gasteiger partial charge in [-0.05, 0) is 30.0 Å². The van der Waals surface area contributed by atoms with Crippen LogP contribution in [0.5, 0.6) is 0 Å². The van der Waals surface area contributed by atoms with Crippen LogP contribution in [0.3, 0.4) is 0 Å². The SMILES string of the molecule is CC(C)(C)CCNc1ccc(Cl)c(F)c1. The zero-order valence-corrected chi connectivity index (χ0v) is 10.2. The minimum Gasteiger partial charge on any atom is -0.385 e. The van der Waals surface area contributed by atoms with Gasteiger partial charge in [0.25, 0.3) is 0 Å². The smallest absolute Gasteiger partial charge is 0.143 e. The molecule has 1 aromatic carbocycles. The largest absolute Gasteiger partial charge is 0.385 e. The molecule has 0 heterocycles. The lowest BCUT2D eigenvalue weighted by Crippen LogP contribution is -2.12. The van der Waals surface area contributed by atoms with Gasteiger partial charge in [-0.25, -0.2) is 4.39 Å². The van der Waals surface area contributed by atoms with Crippen molar-refractivity contribution in [2.75, 3.05) is 11.9 Å². The summed E-state index contributed by atoms with van der Waals surface area (Å²) in [6.07, 6.45) is 1.04. The molecule has 0 saturated heterocycles. The fraction of sp³-hybridized carbons (Fsp3) is 0.500. The van der Waals surface area contributed by atoms with Crippen LogP contribution in [-0.4, -0.2) is 6.54 Å². The third-order valence-corrected chi connectivity index (χ3v) is 2.43. The summed E-state index contributed by atoms with van der Waals surface area (Å²) >= 11 is 5.58.